The molecule has 3 nitrogen and oxygen atoms in total. The first kappa shape index (κ1) is 13.8. The third-order valence-corrected chi connectivity index (χ3v) is 4.15. The molecule has 3 heterocycles. The summed E-state index contributed by atoms with van der Waals surface area (Å²) in [7, 11) is 0. The fourth-order valence-corrected chi connectivity index (χ4v) is 2.91. The maximum atomic E-state index is 4.61. The molecule has 3 aromatic rings. The summed E-state index contributed by atoms with van der Waals surface area (Å²) >= 11 is 1.72. The van der Waals surface area contributed by atoms with Crippen LogP contribution in [0, 0.1) is 13.0 Å². The van der Waals surface area contributed by atoms with Crippen molar-refractivity contribution in [2.75, 3.05) is 11.9 Å². The van der Waals surface area contributed by atoms with Crippen LogP contribution in [0.15, 0.2) is 48.0 Å². The molecule has 0 spiro atoms. The quantitative estimate of drug-likeness (QED) is 0.773. The number of nitrogens with zero attached hydrogens (tertiary/aromatic N) is 2. The maximum Gasteiger partial charge on any atom is 0.134 e. The van der Waals surface area contributed by atoms with Gasteiger partial charge in [0.1, 0.15) is 5.82 Å². The summed E-state index contributed by atoms with van der Waals surface area (Å²) in [4.78, 5) is 10.1. The number of hydrogen-bond acceptors (Lipinski definition) is 4. The molecule has 0 aliphatic rings. The summed E-state index contributed by atoms with van der Waals surface area (Å²) < 4.78 is 0. The van der Waals surface area contributed by atoms with E-state index in [1.807, 2.05) is 36.5 Å². The standard InChI is InChI=1S/C17H16N3S/c1-13-11-16(21-12-13)15-6-4-7-17(20-15)19-10-8-14-5-2-3-9-18-14/h2-6,9,11-12H,8,10H2,1H3,(H,19,20). The van der Waals surface area contributed by atoms with E-state index in [1.165, 1.54) is 10.4 Å². The number of anilines is 1. The summed E-state index contributed by atoms with van der Waals surface area (Å²) in [6.07, 6.45) is 2.69. The van der Waals surface area contributed by atoms with E-state index in [1.54, 1.807) is 11.3 Å². The first-order valence-corrected chi connectivity index (χ1v) is 7.77. The van der Waals surface area contributed by atoms with Gasteiger partial charge in [-0.1, -0.05) is 6.07 Å². The summed E-state index contributed by atoms with van der Waals surface area (Å²) in [6.45, 7) is 2.90. The van der Waals surface area contributed by atoms with Gasteiger partial charge in [-0.25, -0.2) is 4.98 Å². The lowest BCUT2D eigenvalue weighted by atomic mass is 10.2. The van der Waals surface area contributed by atoms with Crippen LogP contribution in [0.4, 0.5) is 5.82 Å². The monoisotopic (exact) mass is 294 g/mol. The molecule has 0 aliphatic heterocycles. The van der Waals surface area contributed by atoms with Gasteiger partial charge in [0.25, 0.3) is 0 Å². The van der Waals surface area contributed by atoms with Crippen LogP contribution in [0.2, 0.25) is 0 Å². The summed E-state index contributed by atoms with van der Waals surface area (Å²) in [6, 6.07) is 15.2. The van der Waals surface area contributed by atoms with Crippen molar-refractivity contribution in [2.24, 2.45) is 0 Å². The van der Waals surface area contributed by atoms with Crippen LogP contribution in [0.1, 0.15) is 11.3 Å². The molecule has 0 fully saturated rings. The molecular formula is C17H16N3S. The van der Waals surface area contributed by atoms with Gasteiger partial charge in [0, 0.05) is 30.9 Å². The zero-order valence-corrected chi connectivity index (χ0v) is 12.7. The van der Waals surface area contributed by atoms with Crippen molar-refractivity contribution >= 4 is 17.2 Å². The number of aryl methyl sites for hydroxylation is 1. The van der Waals surface area contributed by atoms with Crippen molar-refractivity contribution in [3.05, 3.63) is 65.3 Å². The highest BCUT2D eigenvalue weighted by Gasteiger charge is 2.03. The second-order valence-corrected chi connectivity index (χ2v) is 5.72. The predicted octanol–water partition coefficient (Wildman–Crippen LogP) is 3.97. The average Bonchev–Trinajstić information content (AvgIpc) is 2.95. The van der Waals surface area contributed by atoms with E-state index in [-0.39, 0.29) is 0 Å². The third-order valence-electron chi connectivity index (χ3n) is 3.08. The predicted molar refractivity (Wildman–Crippen MR) is 87.6 cm³/mol. The molecule has 21 heavy (non-hydrogen) atoms. The molecule has 105 valence electrons. The molecule has 0 saturated carbocycles. The second kappa shape index (κ2) is 6.50. The van der Waals surface area contributed by atoms with Gasteiger partial charge >= 0.3 is 0 Å². The fraction of sp³-hybridized carbons (Fsp3) is 0.176. The minimum absolute atomic E-state index is 0.787. The molecule has 1 radical (unpaired) electrons. The van der Waals surface area contributed by atoms with Gasteiger partial charge < -0.3 is 5.32 Å². The van der Waals surface area contributed by atoms with Crippen molar-refractivity contribution in [1.29, 1.82) is 0 Å². The van der Waals surface area contributed by atoms with E-state index in [2.05, 4.69) is 39.7 Å². The van der Waals surface area contributed by atoms with Crippen molar-refractivity contribution in [3.63, 3.8) is 0 Å². The van der Waals surface area contributed by atoms with Crippen molar-refractivity contribution in [2.45, 2.75) is 13.3 Å². The Bertz CT molecular complexity index is 707. The third kappa shape index (κ3) is 3.67. The molecule has 4 heteroatoms. The van der Waals surface area contributed by atoms with Gasteiger partial charge in [-0.15, -0.1) is 11.3 Å². The SMILES string of the molecule is Cc1csc(-c2cc[c]c(NCCc3ccccn3)n2)c1. The minimum atomic E-state index is 0.787. The second-order valence-electron chi connectivity index (χ2n) is 4.81. The Morgan fingerprint density at radius 1 is 1.29 bits per heavy atom. The van der Waals surface area contributed by atoms with E-state index in [0.717, 1.165) is 30.2 Å². The van der Waals surface area contributed by atoms with Crippen LogP contribution >= 0.6 is 11.3 Å². The summed E-state index contributed by atoms with van der Waals surface area (Å²) in [5.41, 5.74) is 3.34. The lowest BCUT2D eigenvalue weighted by molar-refractivity contribution is 0.954. The van der Waals surface area contributed by atoms with Crippen LogP contribution in [0.3, 0.4) is 0 Å². The van der Waals surface area contributed by atoms with Gasteiger partial charge in [-0.3, -0.25) is 4.98 Å². The number of thiophene rings is 1. The zero-order valence-electron chi connectivity index (χ0n) is 11.8. The number of rotatable bonds is 5. The first-order valence-electron chi connectivity index (χ1n) is 6.89. The molecule has 0 bridgehead atoms. The van der Waals surface area contributed by atoms with Gasteiger partial charge in [-0.05, 0) is 48.2 Å². The van der Waals surface area contributed by atoms with Crippen molar-refractivity contribution in [1.82, 2.24) is 9.97 Å². The number of nitrogens with one attached hydrogen (secondary N) is 1. The number of hydrogen-bond donors (Lipinski definition) is 1. The molecule has 3 aromatic heterocycles. The van der Waals surface area contributed by atoms with E-state index in [4.69, 9.17) is 0 Å². The van der Waals surface area contributed by atoms with Crippen LogP contribution < -0.4 is 5.32 Å². The largest absolute Gasteiger partial charge is 0.369 e. The molecule has 0 unspecified atom stereocenters. The Kier molecular flexibility index (Phi) is 4.26. The van der Waals surface area contributed by atoms with Gasteiger partial charge in [0.05, 0.1) is 10.6 Å². The first-order chi connectivity index (χ1) is 10.3. The molecule has 1 N–H and O–H groups in total. The van der Waals surface area contributed by atoms with Crippen molar-refractivity contribution < 1.29 is 0 Å². The van der Waals surface area contributed by atoms with Crippen molar-refractivity contribution in [3.8, 4) is 10.6 Å². The normalized spacial score (nSPS) is 10.5. The zero-order chi connectivity index (χ0) is 14.5. The number of aromatic nitrogens is 2. The van der Waals surface area contributed by atoms with E-state index < -0.39 is 0 Å². The van der Waals surface area contributed by atoms with Gasteiger partial charge in [0.2, 0.25) is 0 Å². The Hall–Kier alpha value is -2.20. The van der Waals surface area contributed by atoms with Crippen LogP contribution in [-0.4, -0.2) is 16.5 Å². The molecule has 0 saturated heterocycles. The van der Waals surface area contributed by atoms with Gasteiger partial charge in [-0.2, -0.15) is 0 Å². The molecule has 0 amide bonds. The lowest BCUT2D eigenvalue weighted by Crippen LogP contribution is -2.07. The Balaban J connectivity index is 1.64. The van der Waals surface area contributed by atoms with E-state index in [0.29, 0.717) is 0 Å². The average molecular weight is 294 g/mol. The molecule has 0 atom stereocenters. The highest BCUT2D eigenvalue weighted by molar-refractivity contribution is 7.13. The molecular weight excluding hydrogens is 278 g/mol. The van der Waals surface area contributed by atoms with Crippen LogP contribution in [0.5, 0.6) is 0 Å². The van der Waals surface area contributed by atoms with Gasteiger partial charge in [0.15, 0.2) is 0 Å². The summed E-state index contributed by atoms with van der Waals surface area (Å²) in [5.74, 6) is 0.787. The fourth-order valence-electron chi connectivity index (χ4n) is 2.04. The highest BCUT2D eigenvalue weighted by atomic mass is 32.1. The Labute approximate surface area is 128 Å². The Morgan fingerprint density at radius 2 is 2.24 bits per heavy atom. The highest BCUT2D eigenvalue weighted by Crippen LogP contribution is 2.25. The maximum absolute atomic E-state index is 4.61. The summed E-state index contributed by atoms with van der Waals surface area (Å²) in [5, 5.41) is 5.45. The lowest BCUT2D eigenvalue weighted by Gasteiger charge is -2.06. The van der Waals surface area contributed by atoms with E-state index >= 15 is 0 Å². The number of pyridine rings is 2. The molecule has 0 aromatic carbocycles. The minimum Gasteiger partial charge on any atom is -0.369 e. The molecule has 0 aliphatic carbocycles. The van der Waals surface area contributed by atoms with E-state index in [9.17, 15) is 0 Å². The topological polar surface area (TPSA) is 37.8 Å². The Morgan fingerprint density at radius 3 is 3.00 bits per heavy atom. The molecule has 3 rings (SSSR count). The smallest absolute Gasteiger partial charge is 0.134 e. The van der Waals surface area contributed by atoms with Crippen LogP contribution in [-0.2, 0) is 6.42 Å². The van der Waals surface area contributed by atoms with Crippen LogP contribution in [0.25, 0.3) is 10.6 Å².